The van der Waals surface area contributed by atoms with E-state index in [0.717, 1.165) is 38.4 Å². The minimum Gasteiger partial charge on any atom is -0.356 e. The van der Waals surface area contributed by atoms with Crippen LogP contribution in [0.1, 0.15) is 42.4 Å². The van der Waals surface area contributed by atoms with Crippen molar-refractivity contribution in [1.82, 2.24) is 25.3 Å². The number of benzene rings is 1. The second kappa shape index (κ2) is 12.8. The number of nitrogens with zero attached hydrogens (tertiary/aromatic N) is 4. The largest absolute Gasteiger partial charge is 0.356 e. The zero-order valence-electron chi connectivity index (χ0n) is 17.7. The fraction of sp³-hybridized carbons (Fsp3) is 0.545. The van der Waals surface area contributed by atoms with Crippen LogP contribution < -0.4 is 10.6 Å². The zero-order valence-corrected chi connectivity index (χ0v) is 20.1. The van der Waals surface area contributed by atoms with Crippen LogP contribution in [0.25, 0.3) is 0 Å². The maximum Gasteiger partial charge on any atom is 0.191 e. The number of aliphatic imine (C=N–C) groups is 1. The van der Waals surface area contributed by atoms with E-state index in [0.29, 0.717) is 0 Å². The number of likely N-dealkylation sites (tertiary alicyclic amines) is 1. The first kappa shape index (κ1) is 23.7. The van der Waals surface area contributed by atoms with Crippen molar-refractivity contribution < 1.29 is 0 Å². The van der Waals surface area contributed by atoms with Crippen molar-refractivity contribution in [3.8, 4) is 0 Å². The van der Waals surface area contributed by atoms with Gasteiger partial charge in [-0.05, 0) is 55.5 Å². The topological polar surface area (TPSA) is 57.5 Å². The summed E-state index contributed by atoms with van der Waals surface area (Å²) in [5.41, 5.74) is 3.96. The molecule has 160 valence electrons. The Labute approximate surface area is 192 Å². The van der Waals surface area contributed by atoms with Crippen LogP contribution in [0.4, 0.5) is 0 Å². The molecular formula is C22H35IN6. The summed E-state index contributed by atoms with van der Waals surface area (Å²) < 4.78 is 1.85. The van der Waals surface area contributed by atoms with Crippen LogP contribution in [0.2, 0.25) is 0 Å². The van der Waals surface area contributed by atoms with Gasteiger partial charge < -0.3 is 10.6 Å². The molecular weight excluding hydrogens is 475 g/mol. The fourth-order valence-corrected chi connectivity index (χ4v) is 3.64. The Hall–Kier alpha value is -1.61. The van der Waals surface area contributed by atoms with Crippen LogP contribution in [-0.2, 0) is 26.6 Å². The minimum absolute atomic E-state index is 0. The maximum atomic E-state index is 4.32. The number of nitrogens with one attached hydrogen (secondary N) is 2. The maximum absolute atomic E-state index is 4.32. The highest BCUT2D eigenvalue weighted by atomic mass is 127. The number of rotatable bonds is 8. The van der Waals surface area contributed by atoms with Gasteiger partial charge in [-0.1, -0.05) is 30.7 Å². The molecule has 1 fully saturated rings. The monoisotopic (exact) mass is 510 g/mol. The molecule has 0 bridgehead atoms. The molecule has 2 N–H and O–H groups in total. The summed E-state index contributed by atoms with van der Waals surface area (Å²) in [6, 6.07) is 8.97. The first-order valence-electron chi connectivity index (χ1n) is 10.4. The first-order valence-corrected chi connectivity index (χ1v) is 10.4. The van der Waals surface area contributed by atoms with Gasteiger partial charge in [0.05, 0.1) is 6.20 Å². The molecule has 6 nitrogen and oxygen atoms in total. The summed E-state index contributed by atoms with van der Waals surface area (Å²) >= 11 is 0. The van der Waals surface area contributed by atoms with Gasteiger partial charge in [0.25, 0.3) is 0 Å². The van der Waals surface area contributed by atoms with E-state index in [9.17, 15) is 0 Å². The van der Waals surface area contributed by atoms with E-state index < -0.39 is 0 Å². The molecule has 0 atom stereocenters. The summed E-state index contributed by atoms with van der Waals surface area (Å²) in [7, 11) is 3.77. The zero-order chi connectivity index (χ0) is 19.6. The molecule has 2 aromatic rings. The van der Waals surface area contributed by atoms with Crippen LogP contribution in [-0.4, -0.2) is 47.3 Å². The molecule has 1 aromatic carbocycles. The molecule has 0 amide bonds. The fourth-order valence-electron chi connectivity index (χ4n) is 3.64. The SMILES string of the molecule is CN=C(NCCCc1cnn(C)c1)NCc1ccc(CN2CCCCC2)cc1.I. The number of aromatic nitrogens is 2. The molecule has 0 unspecified atom stereocenters. The van der Waals surface area contributed by atoms with E-state index in [2.05, 4.69) is 56.1 Å². The quantitative estimate of drug-likeness (QED) is 0.248. The third kappa shape index (κ3) is 8.34. The van der Waals surface area contributed by atoms with Gasteiger partial charge in [0.1, 0.15) is 0 Å². The van der Waals surface area contributed by atoms with E-state index in [1.165, 1.54) is 49.0 Å². The summed E-state index contributed by atoms with van der Waals surface area (Å²) in [6.45, 7) is 5.24. The Morgan fingerprint density at radius 1 is 1.03 bits per heavy atom. The summed E-state index contributed by atoms with van der Waals surface area (Å²) in [4.78, 5) is 6.88. The van der Waals surface area contributed by atoms with Gasteiger partial charge in [-0.25, -0.2) is 0 Å². The number of halogens is 1. The highest BCUT2D eigenvalue weighted by molar-refractivity contribution is 14.0. The second-order valence-electron chi connectivity index (χ2n) is 7.63. The predicted octanol–water partition coefficient (Wildman–Crippen LogP) is 3.32. The van der Waals surface area contributed by atoms with Gasteiger partial charge in [0.15, 0.2) is 5.96 Å². The Bertz CT molecular complexity index is 734. The number of guanidine groups is 1. The van der Waals surface area contributed by atoms with Gasteiger partial charge in [0.2, 0.25) is 0 Å². The van der Waals surface area contributed by atoms with E-state index in [-0.39, 0.29) is 24.0 Å². The Morgan fingerprint density at radius 2 is 1.76 bits per heavy atom. The average molecular weight is 510 g/mol. The number of aryl methyl sites for hydroxylation is 2. The van der Waals surface area contributed by atoms with Crippen LogP contribution in [0.3, 0.4) is 0 Å². The van der Waals surface area contributed by atoms with Crippen LogP contribution >= 0.6 is 24.0 Å². The Morgan fingerprint density at radius 3 is 2.41 bits per heavy atom. The molecule has 1 aliphatic heterocycles. The number of hydrogen-bond donors (Lipinski definition) is 2. The van der Waals surface area contributed by atoms with E-state index in [1.54, 1.807) is 0 Å². The van der Waals surface area contributed by atoms with Crippen LogP contribution in [0.15, 0.2) is 41.7 Å². The van der Waals surface area contributed by atoms with Crippen molar-refractivity contribution in [3.05, 3.63) is 53.3 Å². The lowest BCUT2D eigenvalue weighted by Gasteiger charge is -2.26. The molecule has 1 saturated heterocycles. The standard InChI is InChI=1S/C22H34N6.HI/c1-23-22(24-12-6-7-21-16-26-27(2)17-21)25-15-19-8-10-20(11-9-19)18-28-13-4-3-5-14-28;/h8-11,16-17H,3-7,12-15,18H2,1-2H3,(H2,23,24,25);1H. The molecule has 3 rings (SSSR count). The molecule has 1 aliphatic rings. The van der Waals surface area contributed by atoms with Gasteiger partial charge >= 0.3 is 0 Å². The number of hydrogen-bond acceptors (Lipinski definition) is 3. The Balaban J connectivity index is 0.00000300. The van der Waals surface area contributed by atoms with Gasteiger partial charge in [-0.3, -0.25) is 14.6 Å². The average Bonchev–Trinajstić information content (AvgIpc) is 3.14. The lowest BCUT2D eigenvalue weighted by Crippen LogP contribution is -2.37. The smallest absolute Gasteiger partial charge is 0.191 e. The first-order chi connectivity index (χ1) is 13.7. The van der Waals surface area contributed by atoms with E-state index >= 15 is 0 Å². The molecule has 0 aliphatic carbocycles. The molecule has 0 saturated carbocycles. The van der Waals surface area contributed by atoms with E-state index in [4.69, 9.17) is 0 Å². The van der Waals surface area contributed by atoms with Crippen LogP contribution in [0.5, 0.6) is 0 Å². The van der Waals surface area contributed by atoms with Crippen molar-refractivity contribution in [2.24, 2.45) is 12.0 Å². The van der Waals surface area contributed by atoms with Crippen molar-refractivity contribution >= 4 is 29.9 Å². The van der Waals surface area contributed by atoms with Gasteiger partial charge in [-0.2, -0.15) is 5.10 Å². The Kier molecular flexibility index (Phi) is 10.5. The highest BCUT2D eigenvalue weighted by Gasteiger charge is 2.10. The van der Waals surface area contributed by atoms with Gasteiger partial charge in [-0.15, -0.1) is 24.0 Å². The lowest BCUT2D eigenvalue weighted by atomic mass is 10.1. The molecule has 1 aromatic heterocycles. The second-order valence-corrected chi connectivity index (χ2v) is 7.63. The van der Waals surface area contributed by atoms with Crippen molar-refractivity contribution in [1.29, 1.82) is 0 Å². The minimum atomic E-state index is 0. The molecule has 0 radical (unpaired) electrons. The molecule has 7 heteroatoms. The lowest BCUT2D eigenvalue weighted by molar-refractivity contribution is 0.221. The molecule has 2 heterocycles. The third-order valence-corrected chi connectivity index (χ3v) is 5.25. The predicted molar refractivity (Wildman–Crippen MR) is 131 cm³/mol. The van der Waals surface area contributed by atoms with Gasteiger partial charge in [0, 0.05) is 39.9 Å². The summed E-state index contributed by atoms with van der Waals surface area (Å²) in [5, 5.41) is 11.0. The molecule has 0 spiro atoms. The van der Waals surface area contributed by atoms with Crippen LogP contribution in [0, 0.1) is 0 Å². The van der Waals surface area contributed by atoms with Crippen molar-refractivity contribution in [2.45, 2.75) is 45.2 Å². The molecule has 29 heavy (non-hydrogen) atoms. The van der Waals surface area contributed by atoms with Crippen molar-refractivity contribution in [2.75, 3.05) is 26.7 Å². The summed E-state index contributed by atoms with van der Waals surface area (Å²) in [5.74, 6) is 0.851. The summed E-state index contributed by atoms with van der Waals surface area (Å²) in [6.07, 6.45) is 10.2. The third-order valence-electron chi connectivity index (χ3n) is 5.25. The normalized spacial score (nSPS) is 15.0. The van der Waals surface area contributed by atoms with E-state index in [1.807, 2.05) is 25.0 Å². The number of piperidine rings is 1. The highest BCUT2D eigenvalue weighted by Crippen LogP contribution is 2.13. The van der Waals surface area contributed by atoms with Crippen molar-refractivity contribution in [3.63, 3.8) is 0 Å².